The van der Waals surface area contributed by atoms with Crippen LogP contribution < -0.4 is 0 Å². The molecule has 1 aliphatic carbocycles. The van der Waals surface area contributed by atoms with Crippen molar-refractivity contribution in [1.29, 1.82) is 0 Å². The number of aromatic nitrogens is 4. The van der Waals surface area contributed by atoms with Gasteiger partial charge >= 0.3 is 0 Å². The van der Waals surface area contributed by atoms with Gasteiger partial charge in [0.15, 0.2) is 0 Å². The smallest absolute Gasteiger partial charge is 0.270 e. The number of carbonyl (C=O) groups excluding carboxylic acids is 1. The molecule has 1 saturated carbocycles. The molecule has 4 heterocycles. The molecule has 0 unspecified atom stereocenters. The normalized spacial score (nSPS) is 22.0. The minimum atomic E-state index is -2.54. The van der Waals surface area contributed by atoms with Crippen molar-refractivity contribution in [3.05, 3.63) is 35.8 Å². The predicted octanol–water partition coefficient (Wildman–Crippen LogP) is 4.30. The molecule has 5 rings (SSSR count). The summed E-state index contributed by atoms with van der Waals surface area (Å²) in [6.45, 7) is 2.61. The molecule has 1 aliphatic heterocycles. The standard InChI is InChI=1S/C21H23F2N5O/c1-12-15(11-24-27-12)16-3-2-14-10-17(26-19(14)25-16)20(29)28-9-6-18(28)13-4-7-21(22,23)8-5-13/h2-3,10-11,13,18H,4-9H2,1H3,(H,24,27)(H,25,26)/t18-/m1/s1. The maximum atomic E-state index is 13.5. The van der Waals surface area contributed by atoms with Crippen molar-refractivity contribution in [2.45, 2.75) is 51.0 Å². The van der Waals surface area contributed by atoms with E-state index in [9.17, 15) is 13.6 Å². The van der Waals surface area contributed by atoms with Gasteiger partial charge in [-0.15, -0.1) is 0 Å². The highest BCUT2D eigenvalue weighted by Gasteiger charge is 2.43. The van der Waals surface area contributed by atoms with E-state index in [0.29, 0.717) is 30.7 Å². The van der Waals surface area contributed by atoms with Gasteiger partial charge in [-0.25, -0.2) is 13.8 Å². The molecule has 0 radical (unpaired) electrons. The quantitative estimate of drug-likeness (QED) is 0.689. The number of alkyl halides is 2. The maximum Gasteiger partial charge on any atom is 0.270 e. The molecule has 0 bridgehead atoms. The fourth-order valence-electron chi connectivity index (χ4n) is 4.63. The maximum absolute atomic E-state index is 13.5. The van der Waals surface area contributed by atoms with E-state index in [4.69, 9.17) is 0 Å². The summed E-state index contributed by atoms with van der Waals surface area (Å²) in [7, 11) is 0. The van der Waals surface area contributed by atoms with Crippen LogP contribution in [-0.2, 0) is 0 Å². The lowest BCUT2D eigenvalue weighted by Crippen LogP contribution is -2.55. The number of pyridine rings is 1. The minimum Gasteiger partial charge on any atom is -0.335 e. The van der Waals surface area contributed by atoms with Crippen LogP contribution in [0.1, 0.15) is 48.3 Å². The largest absolute Gasteiger partial charge is 0.335 e. The van der Waals surface area contributed by atoms with Gasteiger partial charge in [0.05, 0.1) is 11.9 Å². The fraction of sp³-hybridized carbons (Fsp3) is 0.476. The predicted molar refractivity (Wildman–Crippen MR) is 105 cm³/mol. The molecule has 0 aromatic carbocycles. The lowest BCUT2D eigenvalue weighted by Gasteiger charge is -2.47. The van der Waals surface area contributed by atoms with E-state index in [-0.39, 0.29) is 30.7 Å². The zero-order valence-electron chi connectivity index (χ0n) is 16.2. The van der Waals surface area contributed by atoms with Gasteiger partial charge in [-0.1, -0.05) is 0 Å². The summed E-state index contributed by atoms with van der Waals surface area (Å²) in [6.07, 6.45) is 3.47. The lowest BCUT2D eigenvalue weighted by atomic mass is 9.77. The molecule has 2 aliphatic rings. The summed E-state index contributed by atoms with van der Waals surface area (Å²) < 4.78 is 26.9. The molecule has 1 atom stereocenters. The zero-order chi connectivity index (χ0) is 20.2. The van der Waals surface area contributed by atoms with Crippen LogP contribution in [0.15, 0.2) is 24.4 Å². The van der Waals surface area contributed by atoms with Crippen molar-refractivity contribution in [1.82, 2.24) is 25.1 Å². The van der Waals surface area contributed by atoms with Gasteiger partial charge in [0, 0.05) is 42.1 Å². The van der Waals surface area contributed by atoms with Gasteiger partial charge < -0.3 is 9.88 Å². The molecule has 0 spiro atoms. The fourth-order valence-corrected chi connectivity index (χ4v) is 4.63. The highest BCUT2D eigenvalue weighted by Crippen LogP contribution is 2.41. The molecule has 152 valence electrons. The van der Waals surface area contributed by atoms with Gasteiger partial charge in [0.25, 0.3) is 5.91 Å². The van der Waals surface area contributed by atoms with E-state index >= 15 is 0 Å². The Morgan fingerprint density at radius 2 is 2.03 bits per heavy atom. The average molecular weight is 399 g/mol. The molecule has 1 amide bonds. The van der Waals surface area contributed by atoms with E-state index < -0.39 is 5.92 Å². The number of amides is 1. The second-order valence-electron chi connectivity index (χ2n) is 8.27. The highest BCUT2D eigenvalue weighted by atomic mass is 19.3. The van der Waals surface area contributed by atoms with Crippen LogP contribution in [0.3, 0.4) is 0 Å². The Bertz CT molecular complexity index is 1060. The topological polar surface area (TPSA) is 77.7 Å². The summed E-state index contributed by atoms with van der Waals surface area (Å²) in [5.74, 6) is -2.44. The molecule has 3 aromatic rings. The van der Waals surface area contributed by atoms with E-state index in [1.54, 1.807) is 6.20 Å². The number of aryl methyl sites for hydroxylation is 1. The Balaban J connectivity index is 1.35. The summed E-state index contributed by atoms with van der Waals surface area (Å²) in [5.41, 5.74) is 3.79. The Labute approximate surface area is 166 Å². The highest BCUT2D eigenvalue weighted by molar-refractivity contribution is 5.98. The number of rotatable bonds is 3. The SMILES string of the molecule is Cc1[nH]ncc1-c1ccc2cc(C(=O)N3CC[C@@H]3C3CCC(F)(F)CC3)[nH]c2n1. The molecule has 6 nitrogen and oxygen atoms in total. The van der Waals surface area contributed by atoms with Gasteiger partial charge in [0.2, 0.25) is 5.92 Å². The van der Waals surface area contributed by atoms with Crippen LogP contribution >= 0.6 is 0 Å². The Kier molecular flexibility index (Phi) is 4.18. The number of fused-ring (bicyclic) bond motifs is 1. The van der Waals surface area contributed by atoms with Crippen molar-refractivity contribution < 1.29 is 13.6 Å². The molecular formula is C21H23F2N5O. The number of halogens is 2. The molecular weight excluding hydrogens is 376 g/mol. The third kappa shape index (κ3) is 3.20. The van der Waals surface area contributed by atoms with Gasteiger partial charge in [-0.05, 0) is 50.3 Å². The van der Waals surface area contributed by atoms with Gasteiger partial charge in [-0.3, -0.25) is 9.89 Å². The first-order valence-corrected chi connectivity index (χ1v) is 10.1. The van der Waals surface area contributed by atoms with Gasteiger partial charge in [-0.2, -0.15) is 5.10 Å². The van der Waals surface area contributed by atoms with E-state index in [1.807, 2.05) is 30.0 Å². The van der Waals surface area contributed by atoms with Crippen molar-refractivity contribution in [2.24, 2.45) is 5.92 Å². The zero-order valence-corrected chi connectivity index (χ0v) is 16.2. The Morgan fingerprint density at radius 1 is 1.24 bits per heavy atom. The van der Waals surface area contributed by atoms with Crippen LogP contribution in [0, 0.1) is 12.8 Å². The summed E-state index contributed by atoms with van der Waals surface area (Å²) in [6, 6.07) is 5.74. The number of aromatic amines is 2. The van der Waals surface area contributed by atoms with Crippen molar-refractivity contribution in [2.75, 3.05) is 6.54 Å². The number of hydrogen-bond donors (Lipinski definition) is 2. The molecule has 2 fully saturated rings. The van der Waals surface area contributed by atoms with E-state index in [1.165, 1.54) is 0 Å². The lowest BCUT2D eigenvalue weighted by molar-refractivity contribution is -0.0635. The van der Waals surface area contributed by atoms with Crippen LogP contribution in [0.4, 0.5) is 8.78 Å². The number of carbonyl (C=O) groups is 1. The number of H-pyrrole nitrogens is 2. The average Bonchev–Trinajstić information content (AvgIpc) is 3.27. The van der Waals surface area contributed by atoms with E-state index in [2.05, 4.69) is 20.2 Å². The third-order valence-electron chi connectivity index (χ3n) is 6.45. The second kappa shape index (κ2) is 6.64. The van der Waals surface area contributed by atoms with Crippen molar-refractivity contribution >= 4 is 16.9 Å². The Morgan fingerprint density at radius 3 is 2.69 bits per heavy atom. The first-order valence-electron chi connectivity index (χ1n) is 10.1. The van der Waals surface area contributed by atoms with Crippen LogP contribution in [-0.4, -0.2) is 49.5 Å². The molecule has 1 saturated heterocycles. The summed E-state index contributed by atoms with van der Waals surface area (Å²) in [5, 5.41) is 7.80. The van der Waals surface area contributed by atoms with Crippen molar-refractivity contribution in [3.8, 4) is 11.3 Å². The van der Waals surface area contributed by atoms with Crippen LogP contribution in [0.25, 0.3) is 22.3 Å². The first kappa shape index (κ1) is 18.3. The second-order valence-corrected chi connectivity index (χ2v) is 8.27. The molecule has 3 aromatic heterocycles. The first-order chi connectivity index (χ1) is 13.9. The third-order valence-corrected chi connectivity index (χ3v) is 6.45. The molecule has 2 N–H and O–H groups in total. The van der Waals surface area contributed by atoms with Crippen LogP contribution in [0.5, 0.6) is 0 Å². The minimum absolute atomic E-state index is 0.0668. The number of nitrogens with one attached hydrogen (secondary N) is 2. The Hall–Kier alpha value is -2.77. The monoisotopic (exact) mass is 399 g/mol. The van der Waals surface area contributed by atoms with Crippen LogP contribution in [0.2, 0.25) is 0 Å². The molecule has 29 heavy (non-hydrogen) atoms. The van der Waals surface area contributed by atoms with Gasteiger partial charge in [0.1, 0.15) is 11.3 Å². The number of nitrogens with zero attached hydrogens (tertiary/aromatic N) is 3. The number of likely N-dealkylation sites (tertiary alicyclic amines) is 1. The van der Waals surface area contributed by atoms with E-state index in [0.717, 1.165) is 28.8 Å². The summed E-state index contributed by atoms with van der Waals surface area (Å²) in [4.78, 5) is 22.7. The number of hydrogen-bond acceptors (Lipinski definition) is 3. The summed E-state index contributed by atoms with van der Waals surface area (Å²) >= 11 is 0. The molecule has 8 heteroatoms. The van der Waals surface area contributed by atoms with Crippen molar-refractivity contribution in [3.63, 3.8) is 0 Å².